The number of ether oxygens (including phenoxy) is 1. The van der Waals surface area contributed by atoms with E-state index in [2.05, 4.69) is 10.6 Å². The van der Waals surface area contributed by atoms with Crippen molar-refractivity contribution in [1.82, 2.24) is 5.32 Å². The molecule has 0 aliphatic carbocycles. The van der Waals surface area contributed by atoms with Crippen molar-refractivity contribution in [1.29, 1.82) is 0 Å². The summed E-state index contributed by atoms with van der Waals surface area (Å²) < 4.78 is 18.7. The molecule has 1 fully saturated rings. The second-order valence-corrected chi connectivity index (χ2v) is 6.73. The van der Waals surface area contributed by atoms with Crippen LogP contribution in [-0.2, 0) is 4.74 Å². The van der Waals surface area contributed by atoms with E-state index in [0.29, 0.717) is 17.8 Å². The van der Waals surface area contributed by atoms with Gasteiger partial charge in [0.1, 0.15) is 18.9 Å². The normalized spacial score (nSPS) is 14.5. The molecule has 0 saturated carbocycles. The van der Waals surface area contributed by atoms with Gasteiger partial charge in [-0.15, -0.1) is 0 Å². The maximum absolute atomic E-state index is 13.3. The Morgan fingerprint density at radius 1 is 1.04 bits per heavy atom. The van der Waals surface area contributed by atoms with Crippen molar-refractivity contribution in [3.8, 4) is 0 Å². The number of halogens is 1. The summed E-state index contributed by atoms with van der Waals surface area (Å²) in [6.07, 6.45) is 0.874. The molecule has 3 N–H and O–H groups in total. The third-order valence-corrected chi connectivity index (χ3v) is 4.70. The Hall–Kier alpha value is -2.77. The predicted octanol–water partition coefficient (Wildman–Crippen LogP) is 1.11. The summed E-state index contributed by atoms with van der Waals surface area (Å²) in [6, 6.07) is 12.2. The molecule has 1 aliphatic heterocycles. The monoisotopic (exact) mass is 386 g/mol. The van der Waals surface area contributed by atoms with Crippen molar-refractivity contribution < 1.29 is 23.6 Å². The Kier molecular flexibility index (Phi) is 7.11. The SMILES string of the molecule is O=C(Nc1ccccc1C(=O)NCCC[NH+]1CCOCC1)c1cccc(F)c1. The Morgan fingerprint density at radius 2 is 1.82 bits per heavy atom. The molecule has 7 heteroatoms. The summed E-state index contributed by atoms with van der Waals surface area (Å²) in [4.78, 5) is 26.4. The standard InChI is InChI=1S/C21H24FN3O3/c22-17-6-3-5-16(15-17)20(26)24-19-8-2-1-7-18(19)21(27)23-9-4-10-25-11-13-28-14-12-25/h1-3,5-8,15H,4,9-14H2,(H,23,27)(H,24,26)/p+1. The maximum Gasteiger partial charge on any atom is 0.255 e. The minimum Gasteiger partial charge on any atom is -0.370 e. The quantitative estimate of drug-likeness (QED) is 0.625. The highest BCUT2D eigenvalue weighted by Gasteiger charge is 2.16. The smallest absolute Gasteiger partial charge is 0.255 e. The Bertz CT molecular complexity index is 822. The zero-order valence-electron chi connectivity index (χ0n) is 15.7. The molecular formula is C21H25FN3O3+. The van der Waals surface area contributed by atoms with Gasteiger partial charge in [0, 0.05) is 18.5 Å². The lowest BCUT2D eigenvalue weighted by atomic mass is 10.1. The van der Waals surface area contributed by atoms with Gasteiger partial charge in [-0.3, -0.25) is 9.59 Å². The number of para-hydroxylation sites is 1. The predicted molar refractivity (Wildman–Crippen MR) is 104 cm³/mol. The van der Waals surface area contributed by atoms with Crippen LogP contribution in [-0.4, -0.2) is 51.2 Å². The number of amides is 2. The largest absolute Gasteiger partial charge is 0.370 e. The van der Waals surface area contributed by atoms with Crippen LogP contribution in [0.25, 0.3) is 0 Å². The number of benzene rings is 2. The molecule has 0 unspecified atom stereocenters. The van der Waals surface area contributed by atoms with E-state index in [1.165, 1.54) is 23.1 Å². The van der Waals surface area contributed by atoms with Crippen LogP contribution in [0.2, 0.25) is 0 Å². The van der Waals surface area contributed by atoms with Crippen molar-refractivity contribution in [3.63, 3.8) is 0 Å². The van der Waals surface area contributed by atoms with Crippen molar-refractivity contribution >= 4 is 17.5 Å². The van der Waals surface area contributed by atoms with Crippen LogP contribution >= 0.6 is 0 Å². The summed E-state index contributed by atoms with van der Waals surface area (Å²) in [6.45, 7) is 5.14. The van der Waals surface area contributed by atoms with Gasteiger partial charge in [-0.05, 0) is 30.3 Å². The second kappa shape index (κ2) is 9.96. The number of quaternary nitrogens is 1. The molecule has 28 heavy (non-hydrogen) atoms. The minimum atomic E-state index is -0.485. The third-order valence-electron chi connectivity index (χ3n) is 4.70. The molecule has 0 aromatic heterocycles. The lowest BCUT2D eigenvalue weighted by Crippen LogP contribution is -3.14. The number of carbonyl (C=O) groups is 2. The summed E-state index contributed by atoms with van der Waals surface area (Å²) in [5, 5.41) is 5.60. The first-order valence-electron chi connectivity index (χ1n) is 9.49. The van der Waals surface area contributed by atoms with Crippen LogP contribution in [0.5, 0.6) is 0 Å². The number of hydrogen-bond acceptors (Lipinski definition) is 3. The maximum atomic E-state index is 13.3. The third kappa shape index (κ3) is 5.61. The van der Waals surface area contributed by atoms with Crippen molar-refractivity contribution in [2.24, 2.45) is 0 Å². The van der Waals surface area contributed by atoms with Gasteiger partial charge in [0.15, 0.2) is 0 Å². The molecule has 3 rings (SSSR count). The van der Waals surface area contributed by atoms with Crippen LogP contribution in [0.4, 0.5) is 10.1 Å². The molecule has 2 aromatic rings. The topological polar surface area (TPSA) is 71.9 Å². The van der Waals surface area contributed by atoms with Gasteiger partial charge < -0.3 is 20.3 Å². The average molecular weight is 386 g/mol. The number of morpholine rings is 1. The lowest BCUT2D eigenvalue weighted by Gasteiger charge is -2.23. The van der Waals surface area contributed by atoms with Gasteiger partial charge in [-0.2, -0.15) is 0 Å². The molecule has 0 bridgehead atoms. The van der Waals surface area contributed by atoms with Gasteiger partial charge in [-0.25, -0.2) is 4.39 Å². The lowest BCUT2D eigenvalue weighted by molar-refractivity contribution is -0.908. The molecule has 1 aliphatic rings. The van der Waals surface area contributed by atoms with E-state index in [1.807, 2.05) is 0 Å². The number of nitrogens with one attached hydrogen (secondary N) is 3. The molecule has 1 heterocycles. The number of anilines is 1. The van der Waals surface area contributed by atoms with E-state index in [1.54, 1.807) is 24.3 Å². The van der Waals surface area contributed by atoms with E-state index in [0.717, 1.165) is 45.3 Å². The zero-order valence-corrected chi connectivity index (χ0v) is 15.7. The highest BCUT2D eigenvalue weighted by atomic mass is 19.1. The first-order chi connectivity index (χ1) is 13.6. The fourth-order valence-electron chi connectivity index (χ4n) is 3.16. The van der Waals surface area contributed by atoms with E-state index in [9.17, 15) is 14.0 Å². The van der Waals surface area contributed by atoms with Gasteiger partial charge in [0.05, 0.1) is 31.0 Å². The molecule has 1 saturated heterocycles. The van der Waals surface area contributed by atoms with E-state index in [-0.39, 0.29) is 11.5 Å². The average Bonchev–Trinajstić information content (AvgIpc) is 2.72. The zero-order chi connectivity index (χ0) is 19.8. The van der Waals surface area contributed by atoms with E-state index >= 15 is 0 Å². The first kappa shape index (κ1) is 20.0. The molecule has 2 aromatic carbocycles. The van der Waals surface area contributed by atoms with Crippen LogP contribution in [0.15, 0.2) is 48.5 Å². The molecule has 0 atom stereocenters. The summed E-state index contributed by atoms with van der Waals surface area (Å²) in [5.41, 5.74) is 0.975. The van der Waals surface area contributed by atoms with Gasteiger partial charge in [0.25, 0.3) is 11.8 Å². The Morgan fingerprint density at radius 3 is 2.61 bits per heavy atom. The van der Waals surface area contributed by atoms with Crippen LogP contribution in [0.1, 0.15) is 27.1 Å². The minimum absolute atomic E-state index is 0.198. The van der Waals surface area contributed by atoms with Crippen molar-refractivity contribution in [2.45, 2.75) is 6.42 Å². The van der Waals surface area contributed by atoms with Crippen molar-refractivity contribution in [3.05, 3.63) is 65.5 Å². The van der Waals surface area contributed by atoms with Crippen molar-refractivity contribution in [2.75, 3.05) is 44.7 Å². The fourth-order valence-corrected chi connectivity index (χ4v) is 3.16. The Balaban J connectivity index is 1.55. The van der Waals surface area contributed by atoms with Gasteiger partial charge in [-0.1, -0.05) is 18.2 Å². The molecule has 0 spiro atoms. The van der Waals surface area contributed by atoms with Crippen LogP contribution in [0.3, 0.4) is 0 Å². The summed E-state index contributed by atoms with van der Waals surface area (Å²) in [5.74, 6) is -1.19. The van der Waals surface area contributed by atoms with Crippen LogP contribution < -0.4 is 15.5 Å². The fraction of sp³-hybridized carbons (Fsp3) is 0.333. The first-order valence-corrected chi connectivity index (χ1v) is 9.49. The highest BCUT2D eigenvalue weighted by molar-refractivity contribution is 6.08. The molecular weight excluding hydrogens is 361 g/mol. The molecule has 2 amide bonds. The Labute approximate surface area is 163 Å². The molecule has 0 radical (unpaired) electrons. The number of hydrogen-bond donors (Lipinski definition) is 3. The molecule has 6 nitrogen and oxygen atoms in total. The second-order valence-electron chi connectivity index (χ2n) is 6.73. The molecule has 148 valence electrons. The highest BCUT2D eigenvalue weighted by Crippen LogP contribution is 2.16. The number of rotatable bonds is 7. The van der Waals surface area contributed by atoms with Crippen LogP contribution in [0, 0.1) is 5.82 Å². The number of carbonyl (C=O) groups excluding carboxylic acids is 2. The summed E-state index contributed by atoms with van der Waals surface area (Å²) >= 11 is 0. The van der Waals surface area contributed by atoms with Gasteiger partial charge >= 0.3 is 0 Å². The summed E-state index contributed by atoms with van der Waals surface area (Å²) in [7, 11) is 0. The van der Waals surface area contributed by atoms with Gasteiger partial charge in [0.2, 0.25) is 0 Å². The van der Waals surface area contributed by atoms with E-state index in [4.69, 9.17) is 4.74 Å². The van der Waals surface area contributed by atoms with E-state index < -0.39 is 11.7 Å².